The third-order valence-corrected chi connectivity index (χ3v) is 1.91. The molecular formula is C6H4F4N6O. The zero-order chi connectivity index (χ0) is 12.8. The summed E-state index contributed by atoms with van der Waals surface area (Å²) in [5.74, 6) is -1.34. The van der Waals surface area contributed by atoms with Crippen molar-refractivity contribution < 1.29 is 17.6 Å². The van der Waals surface area contributed by atoms with Gasteiger partial charge in [0, 0.05) is 7.05 Å². The van der Waals surface area contributed by atoms with Gasteiger partial charge in [0.25, 0.3) is 0 Å². The van der Waals surface area contributed by atoms with Crippen LogP contribution in [0.2, 0.25) is 0 Å². The van der Waals surface area contributed by atoms with Crippen LogP contribution in [0.1, 0.15) is 5.69 Å². The maximum atomic E-state index is 13.5. The van der Waals surface area contributed by atoms with Crippen LogP contribution in [0.15, 0.2) is 4.79 Å². The zero-order valence-corrected chi connectivity index (χ0v) is 8.16. The number of H-pyrrole nitrogens is 1. The Labute approximate surface area is 89.6 Å². The number of hydrogen-bond donors (Lipinski definition) is 1. The lowest BCUT2D eigenvalue weighted by molar-refractivity contribution is -0.141. The number of rotatable bonds is 1. The maximum Gasteiger partial charge on any atom is 0.437 e. The molecule has 0 radical (unpaired) electrons. The van der Waals surface area contributed by atoms with E-state index in [1.165, 1.54) is 0 Å². The fourth-order valence-corrected chi connectivity index (χ4v) is 1.21. The predicted molar refractivity (Wildman–Crippen MR) is 43.7 cm³/mol. The molecule has 7 nitrogen and oxygen atoms in total. The number of nitrogens with zero attached hydrogens (tertiary/aromatic N) is 5. The normalized spacial score (nSPS) is 12.1. The maximum absolute atomic E-state index is 13.5. The number of aromatic amines is 1. The lowest BCUT2D eigenvalue weighted by Gasteiger charge is -2.03. The van der Waals surface area contributed by atoms with Crippen molar-refractivity contribution in [3.05, 3.63) is 22.1 Å². The molecule has 0 spiro atoms. The average Bonchev–Trinajstić information content (AvgIpc) is 2.72. The third-order valence-electron chi connectivity index (χ3n) is 1.91. The Morgan fingerprint density at radius 2 is 2.00 bits per heavy atom. The van der Waals surface area contributed by atoms with Crippen LogP contribution >= 0.6 is 0 Å². The minimum atomic E-state index is -4.91. The van der Waals surface area contributed by atoms with Crippen molar-refractivity contribution in [3.8, 4) is 5.69 Å². The molecule has 2 rings (SSSR count). The largest absolute Gasteiger partial charge is 0.437 e. The van der Waals surface area contributed by atoms with Crippen molar-refractivity contribution >= 4 is 0 Å². The van der Waals surface area contributed by atoms with Crippen molar-refractivity contribution in [2.45, 2.75) is 6.18 Å². The van der Waals surface area contributed by atoms with E-state index in [-0.39, 0.29) is 4.68 Å². The second-order valence-electron chi connectivity index (χ2n) is 3.03. The van der Waals surface area contributed by atoms with E-state index in [1.54, 1.807) is 5.10 Å². The van der Waals surface area contributed by atoms with Gasteiger partial charge in [-0.2, -0.15) is 27.3 Å². The lowest BCUT2D eigenvalue weighted by Crippen LogP contribution is -2.20. The van der Waals surface area contributed by atoms with Crippen LogP contribution in [0.25, 0.3) is 5.69 Å². The minimum Gasteiger partial charge on any atom is -0.244 e. The van der Waals surface area contributed by atoms with Crippen LogP contribution < -0.4 is 5.69 Å². The van der Waals surface area contributed by atoms with Crippen molar-refractivity contribution in [2.24, 2.45) is 7.05 Å². The monoisotopic (exact) mass is 252 g/mol. The average molecular weight is 252 g/mol. The van der Waals surface area contributed by atoms with Gasteiger partial charge in [-0.05, 0) is 10.4 Å². The van der Waals surface area contributed by atoms with Crippen LogP contribution in [0.5, 0.6) is 0 Å². The first kappa shape index (κ1) is 11.3. The number of alkyl halides is 3. The molecule has 0 aromatic carbocycles. The summed E-state index contributed by atoms with van der Waals surface area (Å²) in [5, 5.41) is 10.7. The highest BCUT2D eigenvalue weighted by Crippen LogP contribution is 2.33. The van der Waals surface area contributed by atoms with E-state index in [0.29, 0.717) is 4.68 Å². The van der Waals surface area contributed by atoms with E-state index in [1.807, 2.05) is 0 Å². The summed E-state index contributed by atoms with van der Waals surface area (Å²) in [6.45, 7) is 0. The topological polar surface area (TPSA) is 81.4 Å². The Bertz CT molecular complexity index is 607. The van der Waals surface area contributed by atoms with Crippen LogP contribution in [0.3, 0.4) is 0 Å². The smallest absolute Gasteiger partial charge is 0.244 e. The Morgan fingerprint density at radius 1 is 1.35 bits per heavy atom. The molecule has 92 valence electrons. The van der Waals surface area contributed by atoms with E-state index in [9.17, 15) is 22.4 Å². The molecule has 2 aromatic heterocycles. The van der Waals surface area contributed by atoms with Gasteiger partial charge in [-0.15, -0.1) is 0 Å². The molecular weight excluding hydrogens is 248 g/mol. The molecule has 0 aliphatic heterocycles. The molecule has 2 heterocycles. The Hall–Kier alpha value is -2.20. The Balaban J connectivity index is 2.77. The molecule has 1 N–H and O–H groups in total. The summed E-state index contributed by atoms with van der Waals surface area (Å²) in [7, 11) is 0.971. The quantitative estimate of drug-likeness (QED) is 0.715. The molecule has 0 bridgehead atoms. The van der Waals surface area contributed by atoms with Gasteiger partial charge in [0.05, 0.1) is 0 Å². The van der Waals surface area contributed by atoms with Gasteiger partial charge in [-0.25, -0.2) is 14.6 Å². The molecule has 11 heteroatoms. The zero-order valence-electron chi connectivity index (χ0n) is 8.16. The lowest BCUT2D eigenvalue weighted by atomic mass is 10.3. The van der Waals surface area contributed by atoms with Crippen LogP contribution in [0, 0.1) is 5.95 Å². The molecule has 0 fully saturated rings. The van der Waals surface area contributed by atoms with Gasteiger partial charge in [0.2, 0.25) is 5.95 Å². The molecule has 0 aliphatic carbocycles. The third kappa shape index (κ3) is 1.68. The first-order valence-corrected chi connectivity index (χ1v) is 4.13. The molecule has 0 saturated heterocycles. The number of aryl methyl sites for hydroxylation is 1. The van der Waals surface area contributed by atoms with Crippen LogP contribution in [-0.4, -0.2) is 30.0 Å². The molecule has 0 unspecified atom stereocenters. The van der Waals surface area contributed by atoms with Crippen molar-refractivity contribution in [1.29, 1.82) is 0 Å². The van der Waals surface area contributed by atoms with Crippen LogP contribution in [-0.2, 0) is 13.2 Å². The van der Waals surface area contributed by atoms with E-state index in [4.69, 9.17) is 0 Å². The number of tetrazole rings is 1. The first-order chi connectivity index (χ1) is 7.82. The van der Waals surface area contributed by atoms with Crippen molar-refractivity contribution in [1.82, 2.24) is 30.0 Å². The first-order valence-electron chi connectivity index (χ1n) is 4.13. The van der Waals surface area contributed by atoms with Crippen molar-refractivity contribution in [2.75, 3.05) is 0 Å². The fourth-order valence-electron chi connectivity index (χ4n) is 1.21. The van der Waals surface area contributed by atoms with E-state index >= 15 is 0 Å². The summed E-state index contributed by atoms with van der Waals surface area (Å²) >= 11 is 0. The summed E-state index contributed by atoms with van der Waals surface area (Å²) in [6, 6.07) is 0. The molecule has 0 aliphatic rings. The van der Waals surface area contributed by atoms with E-state index < -0.39 is 29.2 Å². The standard InChI is InChI=1S/C6H4F4N6O/c1-15-4(7)2(3(12-15)6(8,9)10)16-5(17)11-13-14-16/h1H3,(H,11,14,17). The molecule has 0 atom stereocenters. The number of hydrogen-bond acceptors (Lipinski definition) is 4. The molecule has 0 amide bonds. The van der Waals surface area contributed by atoms with Gasteiger partial charge in [-0.3, -0.25) is 0 Å². The summed E-state index contributed by atoms with van der Waals surface area (Å²) < 4.78 is 51.6. The Morgan fingerprint density at radius 3 is 2.47 bits per heavy atom. The van der Waals surface area contributed by atoms with Gasteiger partial charge in [0.15, 0.2) is 11.4 Å². The highest BCUT2D eigenvalue weighted by molar-refractivity contribution is 5.36. The predicted octanol–water partition coefficient (Wildman–Crippen LogP) is -0.153. The van der Waals surface area contributed by atoms with E-state index in [0.717, 1.165) is 7.05 Å². The minimum absolute atomic E-state index is 0.158. The summed E-state index contributed by atoms with van der Waals surface area (Å²) in [6.07, 6.45) is -4.91. The second kappa shape index (κ2) is 3.40. The second-order valence-corrected chi connectivity index (χ2v) is 3.03. The van der Waals surface area contributed by atoms with E-state index in [2.05, 4.69) is 15.5 Å². The molecule has 0 saturated carbocycles. The van der Waals surface area contributed by atoms with Crippen LogP contribution in [0.4, 0.5) is 17.6 Å². The molecule has 2 aromatic rings. The highest BCUT2D eigenvalue weighted by atomic mass is 19.4. The Kier molecular flexibility index (Phi) is 2.26. The number of nitrogens with one attached hydrogen (secondary N) is 1. The van der Waals surface area contributed by atoms with Gasteiger partial charge in [-0.1, -0.05) is 0 Å². The summed E-state index contributed by atoms with van der Waals surface area (Å²) in [5.41, 5.74) is -3.73. The van der Waals surface area contributed by atoms with Crippen molar-refractivity contribution in [3.63, 3.8) is 0 Å². The van der Waals surface area contributed by atoms with Gasteiger partial charge < -0.3 is 0 Å². The van der Waals surface area contributed by atoms with Gasteiger partial charge >= 0.3 is 11.9 Å². The molecule has 17 heavy (non-hydrogen) atoms. The summed E-state index contributed by atoms with van der Waals surface area (Å²) in [4.78, 5) is 11.1. The fraction of sp³-hybridized carbons (Fsp3) is 0.333. The SMILES string of the molecule is Cn1nc(C(F)(F)F)c(-n2nn[nH]c2=O)c1F. The highest BCUT2D eigenvalue weighted by Gasteiger charge is 2.41. The number of halogens is 4. The van der Waals surface area contributed by atoms with Gasteiger partial charge in [0.1, 0.15) is 0 Å². The number of aromatic nitrogens is 6.